The van der Waals surface area contributed by atoms with E-state index in [1.807, 2.05) is 0 Å². The molecule has 18 nitrogen and oxygen atoms in total. The van der Waals surface area contributed by atoms with Gasteiger partial charge in [0.2, 0.25) is 23.3 Å². The lowest BCUT2D eigenvalue weighted by molar-refractivity contribution is 0.0685. The number of hydrogen-bond acceptors (Lipinski definition) is 15. The molecule has 0 amide bonds. The first kappa shape index (κ1) is 87.8. The number of halogens is 25. The number of hydrogen-bond donors (Lipinski definition) is 4. The number of carbonyl (C=O) groups is 2. The summed E-state index contributed by atoms with van der Waals surface area (Å²) in [5, 5.41) is 17.5. The third-order valence-corrected chi connectivity index (χ3v) is 13.0. The Morgan fingerprint density at radius 1 is 0.434 bits per heavy atom. The maximum atomic E-state index is 14.6. The predicted octanol–water partition coefficient (Wildman–Crippen LogP) is 14.7. The molecule has 45 heteroatoms. The van der Waals surface area contributed by atoms with Crippen molar-refractivity contribution >= 4 is 53.1 Å². The number of nitrogens with one attached hydrogen (secondary N) is 1. The molecule has 0 aliphatic carbocycles. The molecular weight excluding hydrogens is 1490 g/mol. The van der Waals surface area contributed by atoms with Gasteiger partial charge in [0.15, 0.2) is 92.5 Å². The van der Waals surface area contributed by atoms with E-state index in [1.54, 1.807) is 6.92 Å². The number of carboxylic acid groups (broad SMARTS) is 2. The molecule has 0 aromatic heterocycles. The maximum Gasteiger partial charge on any atom is 0.335 e. The van der Waals surface area contributed by atoms with Crippen LogP contribution in [0, 0.1) is 69.8 Å². The molecule has 6 rings (SSSR count). The first-order valence-corrected chi connectivity index (χ1v) is 29.0. The maximum absolute atomic E-state index is 14.6. The summed E-state index contributed by atoms with van der Waals surface area (Å²) >= 11 is 0. The summed E-state index contributed by atoms with van der Waals surface area (Å²) in [5.74, 6) is -32.9. The number of rotatable bonds is 27. The number of benzene rings is 6. The number of ether oxygens (including phenoxy) is 8. The summed E-state index contributed by atoms with van der Waals surface area (Å²) in [6, 6.07) is 8.91. The molecular formula is C54H45ClF24N2O16S2. The summed E-state index contributed by atoms with van der Waals surface area (Å²) in [4.78, 5) is 20.4. The summed E-state index contributed by atoms with van der Waals surface area (Å²) in [6.07, 6.45) is -18.7. The Labute approximate surface area is 545 Å². The zero-order valence-electron chi connectivity index (χ0n) is 48.1. The van der Waals surface area contributed by atoms with Crippen LogP contribution in [0.4, 0.5) is 117 Å². The highest BCUT2D eigenvalue weighted by Crippen LogP contribution is 2.42. The molecule has 0 fully saturated rings. The van der Waals surface area contributed by atoms with Crippen LogP contribution in [-0.4, -0.2) is 131 Å². The van der Waals surface area contributed by atoms with Crippen molar-refractivity contribution < 1.29 is 180 Å². The largest absolute Gasteiger partial charge is 0.491 e. The molecule has 0 radical (unpaired) electrons. The van der Waals surface area contributed by atoms with Crippen LogP contribution in [0.25, 0.3) is 0 Å². The van der Waals surface area contributed by atoms with Gasteiger partial charge in [-0.15, -0.1) is 0 Å². The molecule has 0 saturated heterocycles. The van der Waals surface area contributed by atoms with E-state index >= 15 is 0 Å². The monoisotopic (exact) mass is 1530 g/mol. The highest BCUT2D eigenvalue weighted by Gasteiger charge is 2.33. The lowest BCUT2D eigenvalue weighted by atomic mass is 10.2. The standard InChI is InChI=1S/C17H12F7NO6S.C10H8F7NO2.C10H7F7O2.C9H9F3O2.C7H5ClO4S.CH4/c18-9(19)5-30-15-11(22)14(12(23)16(13(15)24)31-6-10(20)21)25-32(28,29)8-3-1-2-7(4-8)17(26)27;11-3(12)1-19-9-5(15)8(18)6(16)10(7(9)17)20-2-4(13)14;11-4-1-5(12)10(19-3-7(15)16)8(17)9(4)18-2-6(13)14;1-3-14-9-6(11)4-5(10)8(13-2)7(9)12;8-13(11,12)6-3-1-2-5(4-6)7(9)10;/h1-4,9-10,25H,5-6H2,(H,26,27);3-4H,1-2,18H2;1,6-7H,2-3H2;4H,3H2,1-2H3;1-4H,(H,9,10);1H4. The Morgan fingerprint density at radius 2 is 0.707 bits per heavy atom. The van der Waals surface area contributed by atoms with Crippen molar-refractivity contribution in [3.8, 4) is 46.0 Å². The first-order chi connectivity index (χ1) is 45.4. The van der Waals surface area contributed by atoms with Crippen molar-refractivity contribution in [1.29, 1.82) is 0 Å². The third kappa shape index (κ3) is 26.5. The molecule has 6 aromatic rings. The quantitative estimate of drug-likeness (QED) is 0.0212. The number of nitrogen functional groups attached to an aromatic ring is 1. The van der Waals surface area contributed by atoms with Gasteiger partial charge in [0.25, 0.3) is 57.6 Å². The van der Waals surface area contributed by atoms with Gasteiger partial charge in [0.05, 0.1) is 34.6 Å². The molecule has 554 valence electrons. The van der Waals surface area contributed by atoms with E-state index in [2.05, 4.69) is 37.9 Å². The van der Waals surface area contributed by atoms with Gasteiger partial charge in [-0.1, -0.05) is 19.6 Å². The van der Waals surface area contributed by atoms with Gasteiger partial charge in [0, 0.05) is 22.8 Å². The number of nitrogens with two attached hydrogens (primary N) is 1. The van der Waals surface area contributed by atoms with E-state index < -0.39 is 247 Å². The molecule has 0 spiro atoms. The Morgan fingerprint density at radius 3 is 1.01 bits per heavy atom. The molecule has 0 bridgehead atoms. The molecule has 5 N–H and O–H groups in total. The molecule has 6 aromatic carbocycles. The lowest BCUT2D eigenvalue weighted by Crippen LogP contribution is -2.19. The van der Waals surface area contributed by atoms with Crippen LogP contribution in [0.5, 0.6) is 46.0 Å². The van der Waals surface area contributed by atoms with E-state index in [-0.39, 0.29) is 30.6 Å². The van der Waals surface area contributed by atoms with E-state index in [9.17, 15) is 132 Å². The first-order valence-electron chi connectivity index (χ1n) is 25.2. The van der Waals surface area contributed by atoms with Crippen molar-refractivity contribution in [3.05, 3.63) is 142 Å². The van der Waals surface area contributed by atoms with E-state index in [0.717, 1.165) is 31.4 Å². The highest BCUT2D eigenvalue weighted by molar-refractivity contribution is 8.13. The molecule has 0 aliphatic heterocycles. The number of carboxylic acids is 2. The van der Waals surface area contributed by atoms with E-state index in [0.29, 0.717) is 12.1 Å². The molecule has 0 heterocycles. The van der Waals surface area contributed by atoms with Crippen LogP contribution in [0.1, 0.15) is 35.1 Å². The molecule has 0 unspecified atom stereocenters. The average molecular weight is 1530 g/mol. The summed E-state index contributed by atoms with van der Waals surface area (Å²) < 4.78 is 389. The second-order valence-electron chi connectivity index (χ2n) is 17.2. The zero-order valence-corrected chi connectivity index (χ0v) is 50.5. The van der Waals surface area contributed by atoms with Crippen LogP contribution in [0.2, 0.25) is 0 Å². The van der Waals surface area contributed by atoms with Crippen LogP contribution < -0.4 is 48.4 Å². The Bertz CT molecular complexity index is 3810. The topological polar surface area (TPSA) is 255 Å². The van der Waals surface area contributed by atoms with Gasteiger partial charge in [-0.3, -0.25) is 4.72 Å². The minimum Gasteiger partial charge on any atom is -0.491 e. The summed E-state index contributed by atoms with van der Waals surface area (Å²) in [7, 11) is -2.69. The van der Waals surface area contributed by atoms with Crippen molar-refractivity contribution in [2.45, 2.75) is 62.7 Å². The van der Waals surface area contributed by atoms with Gasteiger partial charge in [-0.05, 0) is 43.3 Å². The van der Waals surface area contributed by atoms with Gasteiger partial charge in [-0.25, -0.2) is 114 Å². The number of methoxy groups -OCH3 is 1. The van der Waals surface area contributed by atoms with Gasteiger partial charge < -0.3 is 53.8 Å². The predicted molar refractivity (Wildman–Crippen MR) is 294 cm³/mol. The zero-order chi connectivity index (χ0) is 75.0. The number of anilines is 2. The fourth-order valence-corrected chi connectivity index (χ4v) is 8.24. The Kier molecular flexibility index (Phi) is 35.5. The van der Waals surface area contributed by atoms with Crippen molar-refractivity contribution in [3.63, 3.8) is 0 Å². The smallest absolute Gasteiger partial charge is 0.335 e. The third-order valence-electron chi connectivity index (χ3n) is 10.3. The van der Waals surface area contributed by atoms with Crippen LogP contribution in [0.15, 0.2) is 70.5 Å². The number of aromatic carboxylic acids is 2. The van der Waals surface area contributed by atoms with Crippen LogP contribution in [0.3, 0.4) is 0 Å². The summed E-state index contributed by atoms with van der Waals surface area (Å²) in [6.45, 7) is -7.04. The highest BCUT2D eigenvalue weighted by atomic mass is 35.7. The van der Waals surface area contributed by atoms with Gasteiger partial charge >= 0.3 is 11.9 Å². The van der Waals surface area contributed by atoms with Gasteiger partial charge in [-0.2, -0.15) is 17.6 Å². The van der Waals surface area contributed by atoms with Crippen LogP contribution >= 0.6 is 10.7 Å². The van der Waals surface area contributed by atoms with E-state index in [1.165, 1.54) is 22.9 Å². The SMILES string of the molecule is C.CCOc1c(F)cc(F)c(OC)c1F.Fc1cc(F)c(OCC(F)F)c(F)c1OCC(F)F.Nc1c(F)c(OCC(F)F)c(F)c(OCC(F)F)c1F.O=C(O)c1cccc(S(=O)(=O)Cl)c1.O=C(O)c1cccc(S(=O)(=O)Nc2c(F)c(OCC(F)F)c(F)c(OCC(F)F)c2F)c1. The van der Waals surface area contributed by atoms with Crippen LogP contribution in [-0.2, 0) is 19.1 Å². The minimum absolute atomic E-state index is 0. The average Bonchev–Trinajstić information content (AvgIpc) is 0.773. The van der Waals surface area contributed by atoms with Gasteiger partial charge in [0.1, 0.15) is 51.0 Å². The molecule has 0 saturated carbocycles. The second-order valence-corrected chi connectivity index (χ2v) is 21.4. The minimum atomic E-state index is -4.95. The number of sulfonamides is 1. The van der Waals surface area contributed by atoms with E-state index in [4.69, 9.17) is 26.6 Å². The molecule has 99 heavy (non-hydrogen) atoms. The Hall–Kier alpha value is -9.23. The van der Waals surface area contributed by atoms with Crippen molar-refractivity contribution in [1.82, 2.24) is 0 Å². The fourth-order valence-electron chi connectivity index (χ4n) is 6.34. The molecule has 0 atom stereocenters. The fraction of sp³-hybridized carbons (Fsp3) is 0.296. The van der Waals surface area contributed by atoms with Crippen molar-refractivity contribution in [2.75, 3.05) is 63.8 Å². The number of alkyl halides is 12. The molecule has 0 aliphatic rings. The second kappa shape index (κ2) is 40.0. The Balaban J connectivity index is 0.000000643. The van der Waals surface area contributed by atoms with Crippen molar-refractivity contribution in [2.24, 2.45) is 0 Å². The lowest BCUT2D eigenvalue weighted by Gasteiger charge is -2.17. The normalized spacial score (nSPS) is 11.1. The summed E-state index contributed by atoms with van der Waals surface area (Å²) in [5.41, 5.74) is 1.30.